The second-order valence-corrected chi connectivity index (χ2v) is 11.2. The van der Waals surface area contributed by atoms with Gasteiger partial charge >= 0.3 is 0 Å². The summed E-state index contributed by atoms with van der Waals surface area (Å²) in [5.41, 5.74) is 4.99. The van der Waals surface area contributed by atoms with Crippen molar-refractivity contribution >= 4 is 5.78 Å². The van der Waals surface area contributed by atoms with Gasteiger partial charge in [-0.15, -0.1) is 0 Å². The highest BCUT2D eigenvalue weighted by Gasteiger charge is 2.66. The lowest BCUT2D eigenvalue weighted by Gasteiger charge is -2.65. The van der Waals surface area contributed by atoms with Crippen LogP contribution in [0.3, 0.4) is 0 Å². The minimum Gasteiger partial charge on any atom is -0.389 e. The van der Waals surface area contributed by atoms with Gasteiger partial charge in [0.25, 0.3) is 0 Å². The Bertz CT molecular complexity index is 644. The van der Waals surface area contributed by atoms with E-state index in [1.54, 1.807) is 0 Å². The Morgan fingerprint density at radius 3 is 2.68 bits per heavy atom. The van der Waals surface area contributed by atoms with E-state index in [0.29, 0.717) is 35.4 Å². The normalized spacial score (nSPS) is 51.0. The summed E-state index contributed by atoms with van der Waals surface area (Å²) in [6, 6.07) is 0. The molecule has 158 valence electrons. The molecule has 3 N–H and O–H groups in total. The van der Waals surface area contributed by atoms with Crippen LogP contribution >= 0.6 is 0 Å². The lowest BCUT2D eigenvalue weighted by Crippen LogP contribution is -2.64. The molecule has 0 aromatic carbocycles. The minimum atomic E-state index is -0.551. The molecule has 0 spiro atoms. The Morgan fingerprint density at radius 2 is 1.93 bits per heavy atom. The first-order chi connectivity index (χ1) is 13.2. The molecule has 0 radical (unpaired) electrons. The van der Waals surface area contributed by atoms with E-state index in [-0.39, 0.29) is 10.8 Å². The smallest absolute Gasteiger partial charge is 0.139 e. The summed E-state index contributed by atoms with van der Waals surface area (Å²) in [6.45, 7) is 7.76. The Balaban J connectivity index is 1.56. The Hall–Kier alpha value is -0.670. The average Bonchev–Trinajstić information content (AvgIpc) is 2.95. The SMILES string of the molecule is C[C@@H]1C[C@@]2(O)C[C@H](/C=C\CCCN)CC[C@]2(C)[C@H]2CC[C@]3(C)C(=O)CC[C@H]3[C@H]12. The Labute approximate surface area is 171 Å². The molecule has 4 rings (SSSR count). The first kappa shape index (κ1) is 20.6. The second-order valence-electron chi connectivity index (χ2n) is 11.2. The van der Waals surface area contributed by atoms with E-state index < -0.39 is 5.60 Å². The number of carbonyl (C=O) groups excluding carboxylic acids is 1. The zero-order valence-electron chi connectivity index (χ0n) is 18.3. The van der Waals surface area contributed by atoms with Gasteiger partial charge in [0.15, 0.2) is 0 Å². The molecule has 4 aliphatic carbocycles. The number of allylic oxidation sites excluding steroid dienone is 2. The Kier molecular flexibility index (Phi) is 5.32. The number of rotatable bonds is 4. The fraction of sp³-hybridized carbons (Fsp3) is 0.880. The summed E-state index contributed by atoms with van der Waals surface area (Å²) in [7, 11) is 0. The molecule has 0 aromatic heterocycles. The number of hydrogen-bond donors (Lipinski definition) is 2. The van der Waals surface area contributed by atoms with Crippen LogP contribution in [0, 0.1) is 40.4 Å². The third kappa shape index (κ3) is 2.95. The molecule has 8 atom stereocenters. The molecule has 3 heteroatoms. The summed E-state index contributed by atoms with van der Waals surface area (Å²) >= 11 is 0. The van der Waals surface area contributed by atoms with Gasteiger partial charge in [-0.05, 0) is 99.3 Å². The topological polar surface area (TPSA) is 63.3 Å². The monoisotopic (exact) mass is 387 g/mol. The van der Waals surface area contributed by atoms with E-state index in [1.807, 2.05) is 0 Å². The molecule has 0 amide bonds. The van der Waals surface area contributed by atoms with Gasteiger partial charge in [-0.3, -0.25) is 4.79 Å². The van der Waals surface area contributed by atoms with Crippen molar-refractivity contribution in [2.45, 2.75) is 90.6 Å². The molecule has 4 aliphatic rings. The summed E-state index contributed by atoms with van der Waals surface area (Å²) in [5, 5.41) is 12.0. The van der Waals surface area contributed by atoms with Crippen molar-refractivity contribution in [2.24, 2.45) is 46.2 Å². The zero-order chi connectivity index (χ0) is 20.2. The first-order valence-corrected chi connectivity index (χ1v) is 11.9. The largest absolute Gasteiger partial charge is 0.389 e. The van der Waals surface area contributed by atoms with Gasteiger partial charge in [0.05, 0.1) is 5.60 Å². The standard InChI is InChI=1S/C25H41NO2/c1-17-15-25(28)16-18(7-5-4-6-14-26)10-13-24(25,3)20-11-12-23(2)19(22(17)20)8-9-21(23)27/h5,7,17-20,22,28H,4,6,8-16,26H2,1-3H3/b7-5-/t17-,18-,19+,20+,22+,23+,24-,25-/m1/s1. The van der Waals surface area contributed by atoms with Crippen LogP contribution in [0.1, 0.15) is 85.0 Å². The minimum absolute atomic E-state index is 0.0126. The Morgan fingerprint density at radius 1 is 1.14 bits per heavy atom. The number of hydrogen-bond acceptors (Lipinski definition) is 3. The highest BCUT2D eigenvalue weighted by Crippen LogP contribution is 2.68. The number of Topliss-reactive ketones (excluding diaryl/α,β-unsaturated/α-hetero) is 1. The van der Waals surface area contributed by atoms with Crippen LogP contribution in [0.2, 0.25) is 0 Å². The highest BCUT2D eigenvalue weighted by molar-refractivity contribution is 5.87. The van der Waals surface area contributed by atoms with Crippen molar-refractivity contribution in [3.63, 3.8) is 0 Å². The van der Waals surface area contributed by atoms with Crippen LogP contribution in [-0.4, -0.2) is 23.0 Å². The number of carbonyl (C=O) groups is 1. The van der Waals surface area contributed by atoms with E-state index in [2.05, 4.69) is 32.9 Å². The molecule has 0 bridgehead atoms. The van der Waals surface area contributed by atoms with Crippen molar-refractivity contribution in [3.05, 3.63) is 12.2 Å². The number of unbranched alkanes of at least 4 members (excludes halogenated alkanes) is 1. The maximum absolute atomic E-state index is 12.7. The van der Waals surface area contributed by atoms with Gasteiger partial charge in [-0.1, -0.05) is 32.9 Å². The molecule has 0 aliphatic heterocycles. The van der Waals surface area contributed by atoms with Crippen molar-refractivity contribution in [1.29, 1.82) is 0 Å². The van der Waals surface area contributed by atoms with Crippen molar-refractivity contribution in [3.8, 4) is 0 Å². The number of nitrogens with two attached hydrogens (primary N) is 1. The summed E-state index contributed by atoms with van der Waals surface area (Å²) in [4.78, 5) is 12.7. The molecule has 0 heterocycles. The predicted octanol–water partition coefficient (Wildman–Crippen LogP) is 4.87. The average molecular weight is 388 g/mol. The number of ketones is 1. The third-order valence-corrected chi connectivity index (χ3v) is 9.86. The predicted molar refractivity (Wildman–Crippen MR) is 114 cm³/mol. The fourth-order valence-corrected chi connectivity index (χ4v) is 8.20. The molecule has 0 aromatic rings. The van der Waals surface area contributed by atoms with E-state index in [0.717, 1.165) is 64.3 Å². The van der Waals surface area contributed by atoms with Gasteiger partial charge < -0.3 is 10.8 Å². The van der Waals surface area contributed by atoms with Crippen LogP contribution in [-0.2, 0) is 4.79 Å². The number of aliphatic hydroxyl groups is 1. The van der Waals surface area contributed by atoms with Gasteiger partial charge in [0, 0.05) is 11.8 Å². The zero-order valence-corrected chi connectivity index (χ0v) is 18.3. The maximum atomic E-state index is 12.7. The molecule has 4 saturated carbocycles. The summed E-state index contributed by atoms with van der Waals surface area (Å²) in [5.74, 6) is 3.27. The molecule has 0 unspecified atom stereocenters. The highest BCUT2D eigenvalue weighted by atomic mass is 16.3. The lowest BCUT2D eigenvalue weighted by molar-refractivity contribution is -0.223. The molecule has 4 fully saturated rings. The summed E-state index contributed by atoms with van der Waals surface area (Å²) < 4.78 is 0. The van der Waals surface area contributed by atoms with Crippen LogP contribution in [0.5, 0.6) is 0 Å². The van der Waals surface area contributed by atoms with E-state index >= 15 is 0 Å². The number of fused-ring (bicyclic) bond motifs is 5. The maximum Gasteiger partial charge on any atom is 0.139 e. The van der Waals surface area contributed by atoms with Crippen LogP contribution in [0.25, 0.3) is 0 Å². The molecule has 3 nitrogen and oxygen atoms in total. The first-order valence-electron chi connectivity index (χ1n) is 11.9. The van der Waals surface area contributed by atoms with E-state index in [9.17, 15) is 9.90 Å². The fourth-order valence-electron chi connectivity index (χ4n) is 8.20. The second kappa shape index (κ2) is 7.23. The quantitative estimate of drug-likeness (QED) is 0.534. The van der Waals surface area contributed by atoms with Crippen molar-refractivity contribution < 1.29 is 9.90 Å². The molecular weight excluding hydrogens is 346 g/mol. The van der Waals surface area contributed by atoms with Gasteiger partial charge in [-0.25, -0.2) is 0 Å². The molecule has 28 heavy (non-hydrogen) atoms. The van der Waals surface area contributed by atoms with Crippen molar-refractivity contribution in [2.75, 3.05) is 6.54 Å². The third-order valence-electron chi connectivity index (χ3n) is 9.86. The lowest BCUT2D eigenvalue weighted by atomic mass is 9.41. The van der Waals surface area contributed by atoms with E-state index in [4.69, 9.17) is 5.73 Å². The van der Waals surface area contributed by atoms with Crippen LogP contribution < -0.4 is 5.73 Å². The van der Waals surface area contributed by atoms with Crippen LogP contribution in [0.4, 0.5) is 0 Å². The van der Waals surface area contributed by atoms with Gasteiger partial charge in [-0.2, -0.15) is 0 Å². The summed E-state index contributed by atoms with van der Waals surface area (Å²) in [6.07, 6.45) is 14.9. The molecule has 0 saturated heterocycles. The van der Waals surface area contributed by atoms with Crippen molar-refractivity contribution in [1.82, 2.24) is 0 Å². The van der Waals surface area contributed by atoms with Gasteiger partial charge in [0.1, 0.15) is 5.78 Å². The molecular formula is C25H41NO2. The van der Waals surface area contributed by atoms with Gasteiger partial charge in [0.2, 0.25) is 0 Å². The van der Waals surface area contributed by atoms with E-state index in [1.165, 1.54) is 6.42 Å². The van der Waals surface area contributed by atoms with Crippen LogP contribution in [0.15, 0.2) is 12.2 Å².